The van der Waals surface area contributed by atoms with Gasteiger partial charge < -0.3 is 10.1 Å². The van der Waals surface area contributed by atoms with Crippen LogP contribution < -0.4 is 5.32 Å². The molecule has 0 spiro atoms. The van der Waals surface area contributed by atoms with Crippen molar-refractivity contribution in [3.63, 3.8) is 0 Å². The highest BCUT2D eigenvalue weighted by molar-refractivity contribution is 7.99. The molecule has 0 aromatic carbocycles. The topological polar surface area (TPSA) is 59.9 Å². The molecule has 0 bridgehead atoms. The molecule has 4 rings (SSSR count). The lowest BCUT2D eigenvalue weighted by molar-refractivity contribution is -0.0542. The van der Waals surface area contributed by atoms with Gasteiger partial charge in [-0.25, -0.2) is 9.97 Å². The zero-order valence-electron chi connectivity index (χ0n) is 17.3. The summed E-state index contributed by atoms with van der Waals surface area (Å²) in [7, 11) is 0. The first-order valence-corrected chi connectivity index (χ1v) is 12.1. The van der Waals surface area contributed by atoms with E-state index in [0.717, 1.165) is 40.1 Å². The second kappa shape index (κ2) is 8.98. The highest BCUT2D eigenvalue weighted by Crippen LogP contribution is 2.42. The summed E-state index contributed by atoms with van der Waals surface area (Å²) in [6, 6.07) is 5.99. The number of thioether (sulfide) groups is 1. The van der Waals surface area contributed by atoms with Crippen molar-refractivity contribution in [1.82, 2.24) is 15.0 Å². The molecule has 0 fully saturated rings. The van der Waals surface area contributed by atoms with Crippen LogP contribution in [0.15, 0.2) is 29.6 Å². The molecule has 0 aliphatic carbocycles. The Morgan fingerprint density at radius 3 is 2.93 bits per heavy atom. The minimum atomic E-state index is -0.117. The van der Waals surface area contributed by atoms with Crippen molar-refractivity contribution < 1.29 is 4.74 Å². The van der Waals surface area contributed by atoms with Crippen molar-refractivity contribution >= 4 is 39.1 Å². The fourth-order valence-corrected chi connectivity index (χ4v) is 5.54. The third kappa shape index (κ3) is 4.57. The summed E-state index contributed by atoms with van der Waals surface area (Å²) in [5.41, 5.74) is 2.24. The molecule has 0 amide bonds. The van der Waals surface area contributed by atoms with Gasteiger partial charge in [0.15, 0.2) is 5.16 Å². The normalized spacial score (nSPS) is 18.7. The largest absolute Gasteiger partial charge is 0.369 e. The van der Waals surface area contributed by atoms with Crippen LogP contribution in [0.3, 0.4) is 0 Å². The maximum atomic E-state index is 6.18. The van der Waals surface area contributed by atoms with E-state index in [2.05, 4.69) is 31.1 Å². The summed E-state index contributed by atoms with van der Waals surface area (Å²) in [4.78, 5) is 16.6. The van der Waals surface area contributed by atoms with Gasteiger partial charge in [0.2, 0.25) is 0 Å². The van der Waals surface area contributed by atoms with Gasteiger partial charge >= 0.3 is 0 Å². The molecule has 0 unspecified atom stereocenters. The number of rotatable bonds is 8. The maximum Gasteiger partial charge on any atom is 0.190 e. The van der Waals surface area contributed by atoms with E-state index in [0.29, 0.717) is 13.2 Å². The Morgan fingerprint density at radius 1 is 1.28 bits per heavy atom. The predicted molar refractivity (Wildman–Crippen MR) is 122 cm³/mol. The van der Waals surface area contributed by atoms with Crippen LogP contribution in [0, 0.1) is 0 Å². The minimum absolute atomic E-state index is 0.117. The van der Waals surface area contributed by atoms with E-state index >= 15 is 0 Å². The van der Waals surface area contributed by atoms with E-state index in [4.69, 9.17) is 14.7 Å². The molecule has 0 saturated heterocycles. The molecule has 0 radical (unpaired) electrons. The zero-order chi connectivity index (χ0) is 20.3. The number of nitrogens with one attached hydrogen (secondary N) is 1. The van der Waals surface area contributed by atoms with E-state index in [1.54, 1.807) is 23.1 Å². The number of aromatic nitrogens is 3. The first-order valence-electron chi connectivity index (χ1n) is 10.3. The van der Waals surface area contributed by atoms with Gasteiger partial charge in [0, 0.05) is 23.2 Å². The van der Waals surface area contributed by atoms with Gasteiger partial charge in [-0.3, -0.25) is 4.98 Å². The van der Waals surface area contributed by atoms with Crippen molar-refractivity contribution in [2.24, 2.45) is 0 Å². The number of unbranched alkanes of at least 4 members (excludes halogenated alkanes) is 1. The molecule has 1 aliphatic rings. The average Bonchev–Trinajstić information content (AvgIpc) is 3.10. The van der Waals surface area contributed by atoms with Crippen LogP contribution in [0.4, 0.5) is 5.82 Å². The number of nitrogens with zero attached hydrogens (tertiary/aromatic N) is 3. The first kappa shape index (κ1) is 20.6. The summed E-state index contributed by atoms with van der Waals surface area (Å²) < 4.78 is 6.18. The second-order valence-electron chi connectivity index (χ2n) is 7.68. The highest BCUT2D eigenvalue weighted by Gasteiger charge is 2.33. The Morgan fingerprint density at radius 2 is 2.17 bits per heavy atom. The van der Waals surface area contributed by atoms with Crippen molar-refractivity contribution in [3.05, 3.63) is 40.5 Å². The molecule has 1 aliphatic heterocycles. The molecule has 3 aromatic heterocycles. The lowest BCUT2D eigenvalue weighted by Gasteiger charge is -2.33. The summed E-state index contributed by atoms with van der Waals surface area (Å²) in [6.45, 7) is 7.93. The molecule has 5 nitrogen and oxygen atoms in total. The van der Waals surface area contributed by atoms with Crippen molar-refractivity contribution in [3.8, 4) is 0 Å². The summed E-state index contributed by atoms with van der Waals surface area (Å²) in [5.74, 6) is 1.97. The summed E-state index contributed by atoms with van der Waals surface area (Å²) in [5, 5.41) is 5.58. The van der Waals surface area contributed by atoms with Gasteiger partial charge in [0.1, 0.15) is 10.6 Å². The van der Waals surface area contributed by atoms with Crippen molar-refractivity contribution in [2.45, 2.75) is 70.4 Å². The maximum absolute atomic E-state index is 6.18. The van der Waals surface area contributed by atoms with Crippen LogP contribution in [0.1, 0.15) is 56.2 Å². The molecule has 1 N–H and O–H groups in total. The molecule has 1 atom stereocenters. The predicted octanol–water partition coefficient (Wildman–Crippen LogP) is 5.83. The van der Waals surface area contributed by atoms with Crippen LogP contribution in [0.25, 0.3) is 10.2 Å². The quantitative estimate of drug-likeness (QED) is 0.277. The molecular weight excluding hydrogens is 400 g/mol. The SMILES string of the molecule is CCCCSc1nc(NCc2ccccn2)c2c3c(sc2n1)CO[C@@](C)(CC)C3. The van der Waals surface area contributed by atoms with E-state index < -0.39 is 0 Å². The standard InChI is InChI=1S/C22H28N4OS2/c1-4-6-11-28-21-25-19(24-13-15-9-7-8-10-23-15)18-16-12-22(3,5-2)27-14-17(16)29-20(18)26-21/h7-10H,4-6,11-14H2,1-3H3,(H,24,25,26)/t22-/m0/s1. The van der Waals surface area contributed by atoms with Gasteiger partial charge in [0.05, 0.1) is 29.8 Å². The lowest BCUT2D eigenvalue weighted by atomic mass is 9.90. The molecule has 7 heteroatoms. The van der Waals surface area contributed by atoms with Crippen molar-refractivity contribution in [2.75, 3.05) is 11.1 Å². The smallest absolute Gasteiger partial charge is 0.190 e. The van der Waals surface area contributed by atoms with Crippen molar-refractivity contribution in [1.29, 1.82) is 0 Å². The van der Waals surface area contributed by atoms with Crippen LogP contribution in [0.2, 0.25) is 0 Å². The Bertz CT molecular complexity index is 976. The summed E-state index contributed by atoms with van der Waals surface area (Å²) in [6.07, 6.45) is 6.08. The van der Waals surface area contributed by atoms with Crippen LogP contribution >= 0.6 is 23.1 Å². The number of ether oxygens (including phenoxy) is 1. The zero-order valence-corrected chi connectivity index (χ0v) is 19.0. The third-order valence-electron chi connectivity index (χ3n) is 5.46. The van der Waals surface area contributed by atoms with E-state index in [1.807, 2.05) is 24.4 Å². The Balaban J connectivity index is 1.71. The van der Waals surface area contributed by atoms with Gasteiger partial charge in [-0.15, -0.1) is 11.3 Å². The second-order valence-corrected chi connectivity index (χ2v) is 9.83. The van der Waals surface area contributed by atoms with Crippen LogP contribution in [-0.2, 0) is 24.3 Å². The number of fused-ring (bicyclic) bond motifs is 3. The Kier molecular flexibility index (Phi) is 6.37. The summed E-state index contributed by atoms with van der Waals surface area (Å²) >= 11 is 3.50. The van der Waals surface area contributed by atoms with E-state index in [-0.39, 0.29) is 5.60 Å². The van der Waals surface area contributed by atoms with Crippen LogP contribution in [0.5, 0.6) is 0 Å². The Hall–Kier alpha value is -1.70. The van der Waals surface area contributed by atoms with E-state index in [1.165, 1.54) is 28.7 Å². The van der Waals surface area contributed by atoms with Gasteiger partial charge in [-0.2, -0.15) is 0 Å². The molecule has 0 saturated carbocycles. The fraction of sp³-hybridized carbons (Fsp3) is 0.500. The number of anilines is 1. The fourth-order valence-electron chi connectivity index (χ4n) is 3.46. The van der Waals surface area contributed by atoms with Gasteiger partial charge in [-0.05, 0) is 37.5 Å². The third-order valence-corrected chi connectivity index (χ3v) is 7.49. The monoisotopic (exact) mass is 428 g/mol. The Labute approximate surface area is 180 Å². The number of thiophene rings is 1. The molecular formula is C22H28N4OS2. The number of hydrogen-bond acceptors (Lipinski definition) is 7. The highest BCUT2D eigenvalue weighted by atomic mass is 32.2. The lowest BCUT2D eigenvalue weighted by Crippen LogP contribution is -2.33. The molecule has 154 valence electrons. The van der Waals surface area contributed by atoms with E-state index in [9.17, 15) is 0 Å². The molecule has 3 aromatic rings. The van der Waals surface area contributed by atoms with Crippen LogP contribution in [-0.4, -0.2) is 26.3 Å². The minimum Gasteiger partial charge on any atom is -0.369 e. The number of pyridine rings is 1. The van der Waals surface area contributed by atoms with Gasteiger partial charge in [-0.1, -0.05) is 38.1 Å². The molecule has 4 heterocycles. The molecule has 29 heavy (non-hydrogen) atoms. The number of hydrogen-bond donors (Lipinski definition) is 1. The van der Waals surface area contributed by atoms with Gasteiger partial charge in [0.25, 0.3) is 0 Å². The average molecular weight is 429 g/mol. The first-order chi connectivity index (χ1) is 14.1.